The van der Waals surface area contributed by atoms with Crippen molar-refractivity contribution in [1.82, 2.24) is 0 Å². The van der Waals surface area contributed by atoms with Crippen LogP contribution < -0.4 is 16.4 Å². The summed E-state index contributed by atoms with van der Waals surface area (Å²) in [7, 11) is 0. The summed E-state index contributed by atoms with van der Waals surface area (Å²) in [5.41, 5.74) is 5.41. The molecule has 10 heteroatoms. The molecule has 2 amide bonds. The summed E-state index contributed by atoms with van der Waals surface area (Å²) in [5, 5.41) is 25.1. The smallest absolute Gasteiger partial charge is 0.271 e. The van der Waals surface area contributed by atoms with Crippen LogP contribution in [-0.2, 0) is 4.79 Å². The lowest BCUT2D eigenvalue weighted by molar-refractivity contribution is -0.384. The number of benzene rings is 2. The zero-order chi connectivity index (χ0) is 20.0. The second-order valence-corrected chi connectivity index (χ2v) is 5.54. The summed E-state index contributed by atoms with van der Waals surface area (Å²) >= 11 is 5.91. The summed E-state index contributed by atoms with van der Waals surface area (Å²) in [5.74, 6) is -1.39. The largest absolute Gasteiger partial charge is 0.366 e. The van der Waals surface area contributed by atoms with E-state index in [1.54, 1.807) is 18.2 Å². The monoisotopic (exact) mass is 385 g/mol. The van der Waals surface area contributed by atoms with Gasteiger partial charge >= 0.3 is 0 Å². The van der Waals surface area contributed by atoms with Crippen LogP contribution in [0.3, 0.4) is 0 Å². The van der Waals surface area contributed by atoms with E-state index in [0.29, 0.717) is 11.3 Å². The summed E-state index contributed by atoms with van der Waals surface area (Å²) < 4.78 is 0. The number of halogens is 1. The number of hydrogen-bond donors (Lipinski definition) is 3. The number of nitrogens with zero attached hydrogens (tertiary/aromatic N) is 2. The van der Waals surface area contributed by atoms with Gasteiger partial charge in [-0.3, -0.25) is 19.7 Å². The van der Waals surface area contributed by atoms with Gasteiger partial charge < -0.3 is 16.4 Å². The van der Waals surface area contributed by atoms with Gasteiger partial charge in [-0.15, -0.1) is 0 Å². The molecule has 0 saturated heterocycles. The van der Waals surface area contributed by atoms with Gasteiger partial charge in [-0.25, -0.2) is 0 Å². The molecule has 0 aliphatic heterocycles. The number of primary amides is 1. The van der Waals surface area contributed by atoms with E-state index >= 15 is 0 Å². The summed E-state index contributed by atoms with van der Waals surface area (Å²) in [6.07, 6.45) is 1.15. The van der Waals surface area contributed by atoms with Crippen LogP contribution >= 0.6 is 11.6 Å². The lowest BCUT2D eigenvalue weighted by atomic mass is 10.2. The molecule has 0 fully saturated rings. The number of anilines is 2. The number of nitrogens with two attached hydrogens (primary N) is 1. The Balaban J connectivity index is 2.15. The van der Waals surface area contributed by atoms with E-state index in [0.717, 1.165) is 12.3 Å². The minimum atomic E-state index is -0.804. The number of nitro groups is 1. The summed E-state index contributed by atoms with van der Waals surface area (Å²) in [6.45, 7) is 0. The Morgan fingerprint density at radius 3 is 2.44 bits per heavy atom. The van der Waals surface area contributed by atoms with Crippen LogP contribution in [0, 0.1) is 21.4 Å². The number of rotatable bonds is 6. The number of non-ortho nitro benzene ring substituents is 1. The first-order valence-corrected chi connectivity index (χ1v) is 7.71. The molecule has 0 spiro atoms. The van der Waals surface area contributed by atoms with Gasteiger partial charge in [0, 0.05) is 29.6 Å². The maximum absolute atomic E-state index is 12.2. The Kier molecular flexibility index (Phi) is 6.09. The Hall–Kier alpha value is -3.90. The van der Waals surface area contributed by atoms with E-state index in [2.05, 4.69) is 10.6 Å². The zero-order valence-electron chi connectivity index (χ0n) is 13.6. The molecule has 0 heterocycles. The van der Waals surface area contributed by atoms with E-state index in [4.69, 9.17) is 22.6 Å². The molecule has 0 unspecified atom stereocenters. The fraction of sp³-hybridized carbons (Fsp3) is 0. The third kappa shape index (κ3) is 5.04. The first-order valence-electron chi connectivity index (χ1n) is 7.34. The van der Waals surface area contributed by atoms with Gasteiger partial charge in [0.1, 0.15) is 11.6 Å². The normalized spacial score (nSPS) is 10.6. The Labute approximate surface area is 158 Å². The van der Waals surface area contributed by atoms with Crippen molar-refractivity contribution in [1.29, 1.82) is 5.26 Å². The number of nitriles is 1. The second-order valence-electron chi connectivity index (χ2n) is 5.13. The van der Waals surface area contributed by atoms with Gasteiger partial charge in [-0.1, -0.05) is 11.6 Å². The Morgan fingerprint density at radius 2 is 1.89 bits per heavy atom. The molecule has 9 nitrogen and oxygen atoms in total. The first-order chi connectivity index (χ1) is 12.8. The molecule has 2 aromatic rings. The first kappa shape index (κ1) is 19.4. The average Bonchev–Trinajstić information content (AvgIpc) is 2.64. The minimum absolute atomic E-state index is 0.00262. The second kappa shape index (κ2) is 8.46. The predicted molar refractivity (Wildman–Crippen MR) is 99.0 cm³/mol. The van der Waals surface area contributed by atoms with Crippen LogP contribution in [0.2, 0.25) is 5.02 Å². The van der Waals surface area contributed by atoms with Crippen LogP contribution in [0.1, 0.15) is 10.4 Å². The number of hydrogen-bond acceptors (Lipinski definition) is 6. The Morgan fingerprint density at radius 1 is 1.22 bits per heavy atom. The highest BCUT2D eigenvalue weighted by Gasteiger charge is 2.15. The quantitative estimate of drug-likeness (QED) is 0.301. The summed E-state index contributed by atoms with van der Waals surface area (Å²) in [4.78, 5) is 33.4. The van der Waals surface area contributed by atoms with Crippen LogP contribution in [0.15, 0.2) is 54.2 Å². The fourth-order valence-electron chi connectivity index (χ4n) is 1.95. The number of carbonyl (C=O) groups excluding carboxylic acids is 2. The van der Waals surface area contributed by atoms with E-state index in [1.165, 1.54) is 24.3 Å². The number of nitro benzene ring substituents is 1. The highest BCUT2D eigenvalue weighted by atomic mass is 35.5. The number of carbonyl (C=O) groups is 2. The SMILES string of the molecule is N#C/C(=C/Nc1ccc(C(N)=O)cc1)C(=O)Nc1cc([N+](=O)[O-])ccc1Cl. The van der Waals surface area contributed by atoms with Crippen molar-refractivity contribution in [3.05, 3.63) is 74.9 Å². The van der Waals surface area contributed by atoms with Crippen LogP contribution in [0.5, 0.6) is 0 Å². The molecule has 4 N–H and O–H groups in total. The average molecular weight is 386 g/mol. The van der Waals surface area contributed by atoms with Crippen molar-refractivity contribution in [2.45, 2.75) is 0 Å². The van der Waals surface area contributed by atoms with Gasteiger partial charge in [-0.05, 0) is 30.3 Å². The van der Waals surface area contributed by atoms with Crippen molar-refractivity contribution in [2.24, 2.45) is 5.73 Å². The zero-order valence-corrected chi connectivity index (χ0v) is 14.4. The van der Waals surface area contributed by atoms with Gasteiger partial charge in [0.2, 0.25) is 5.91 Å². The van der Waals surface area contributed by atoms with Crippen molar-refractivity contribution in [2.75, 3.05) is 10.6 Å². The van der Waals surface area contributed by atoms with Crippen LogP contribution in [0.4, 0.5) is 17.1 Å². The molecule has 27 heavy (non-hydrogen) atoms. The van der Waals surface area contributed by atoms with E-state index in [9.17, 15) is 19.7 Å². The molecule has 2 aromatic carbocycles. The third-order valence-electron chi connectivity index (χ3n) is 3.33. The highest BCUT2D eigenvalue weighted by molar-refractivity contribution is 6.34. The van der Waals surface area contributed by atoms with Crippen molar-refractivity contribution in [3.8, 4) is 6.07 Å². The molecule has 136 valence electrons. The van der Waals surface area contributed by atoms with E-state index in [-0.39, 0.29) is 22.0 Å². The number of amides is 2. The molecule has 0 bridgehead atoms. The Bertz CT molecular complexity index is 980. The van der Waals surface area contributed by atoms with Gasteiger partial charge in [0.25, 0.3) is 11.6 Å². The molecule has 2 rings (SSSR count). The predicted octanol–water partition coefficient (Wildman–Crippen LogP) is 2.81. The number of nitrogens with one attached hydrogen (secondary N) is 2. The maximum Gasteiger partial charge on any atom is 0.271 e. The fourth-order valence-corrected chi connectivity index (χ4v) is 2.11. The minimum Gasteiger partial charge on any atom is -0.366 e. The molecular formula is C17H12ClN5O4. The lowest BCUT2D eigenvalue weighted by Gasteiger charge is -2.07. The molecule has 0 aliphatic rings. The van der Waals surface area contributed by atoms with Gasteiger partial charge in [0.15, 0.2) is 0 Å². The maximum atomic E-state index is 12.2. The van der Waals surface area contributed by atoms with Crippen LogP contribution in [-0.4, -0.2) is 16.7 Å². The lowest BCUT2D eigenvalue weighted by Crippen LogP contribution is -2.15. The molecule has 0 radical (unpaired) electrons. The standard InChI is InChI=1S/C17H12ClN5O4/c18-14-6-5-13(23(26)27)7-15(14)22-17(25)11(8-19)9-21-12-3-1-10(2-4-12)16(20)24/h1-7,9,21H,(H2,20,24)(H,22,25)/b11-9-. The molecule has 0 aromatic heterocycles. The molecule has 0 saturated carbocycles. The van der Waals surface area contributed by atoms with Crippen molar-refractivity contribution < 1.29 is 14.5 Å². The van der Waals surface area contributed by atoms with Gasteiger partial charge in [0.05, 0.1) is 15.6 Å². The third-order valence-corrected chi connectivity index (χ3v) is 3.66. The van der Waals surface area contributed by atoms with E-state index < -0.39 is 16.7 Å². The van der Waals surface area contributed by atoms with Crippen molar-refractivity contribution >= 4 is 40.5 Å². The molecular weight excluding hydrogens is 374 g/mol. The van der Waals surface area contributed by atoms with Crippen molar-refractivity contribution in [3.63, 3.8) is 0 Å². The molecule has 0 atom stereocenters. The highest BCUT2D eigenvalue weighted by Crippen LogP contribution is 2.27. The van der Waals surface area contributed by atoms with E-state index in [1.807, 2.05) is 0 Å². The van der Waals surface area contributed by atoms with Crippen LogP contribution in [0.25, 0.3) is 0 Å². The topological polar surface area (TPSA) is 151 Å². The molecule has 0 aliphatic carbocycles. The summed E-state index contributed by atoms with van der Waals surface area (Å²) in [6, 6.07) is 11.3. The van der Waals surface area contributed by atoms with Gasteiger partial charge in [-0.2, -0.15) is 5.26 Å².